The van der Waals surface area contributed by atoms with Crippen LogP contribution >= 0.6 is 11.6 Å². The van der Waals surface area contributed by atoms with E-state index < -0.39 is 15.5 Å². The van der Waals surface area contributed by atoms with Crippen molar-refractivity contribution in [2.75, 3.05) is 11.9 Å². The van der Waals surface area contributed by atoms with Gasteiger partial charge < -0.3 is 5.32 Å². The Morgan fingerprint density at radius 3 is 2.54 bits per heavy atom. The lowest BCUT2D eigenvalue weighted by Gasteiger charge is -2.25. The van der Waals surface area contributed by atoms with Crippen molar-refractivity contribution < 1.29 is 21.6 Å². The van der Waals surface area contributed by atoms with Gasteiger partial charge in [-0.25, -0.2) is 8.42 Å². The molecule has 0 aromatic heterocycles. The highest BCUT2D eigenvalue weighted by molar-refractivity contribution is 7.89. The van der Waals surface area contributed by atoms with Gasteiger partial charge in [-0.3, -0.25) is 0 Å². The van der Waals surface area contributed by atoms with Gasteiger partial charge in [0.2, 0.25) is 0 Å². The van der Waals surface area contributed by atoms with Crippen LogP contribution in [-0.2, 0) is 16.6 Å². The minimum Gasteiger partial charge on any atom is -0.381 e. The number of hydrogen-bond donors (Lipinski definition) is 1. The van der Waals surface area contributed by atoms with Gasteiger partial charge in [0.15, 0.2) is 0 Å². The first-order valence-electron chi connectivity index (χ1n) is 8.79. The average Bonchev–Trinajstić information content (AvgIpc) is 2.99. The van der Waals surface area contributed by atoms with E-state index in [-0.39, 0.29) is 24.2 Å². The summed E-state index contributed by atoms with van der Waals surface area (Å²) in [5, 5.41) is 3.48. The van der Waals surface area contributed by atoms with Crippen LogP contribution < -0.4 is 5.32 Å². The number of halogens is 4. The summed E-state index contributed by atoms with van der Waals surface area (Å²) < 4.78 is 63.9. The van der Waals surface area contributed by atoms with Crippen molar-refractivity contribution in [1.29, 1.82) is 0 Å². The maximum atomic E-state index is 13.1. The molecule has 1 N–H and O–H groups in total. The third-order valence-electron chi connectivity index (χ3n) is 5.27. The molecule has 1 atom stereocenters. The molecule has 9 heteroatoms. The van der Waals surface area contributed by atoms with Crippen LogP contribution in [0.4, 0.5) is 18.9 Å². The Morgan fingerprint density at radius 1 is 1.19 bits per heavy atom. The minimum absolute atomic E-state index is 0.223. The zero-order chi connectivity index (χ0) is 18.9. The Kier molecular flexibility index (Phi) is 5.75. The Labute approximate surface area is 156 Å². The largest absolute Gasteiger partial charge is 0.511 e. The van der Waals surface area contributed by atoms with Crippen LogP contribution in [0.15, 0.2) is 18.2 Å². The number of benzene rings is 1. The average molecular weight is 411 g/mol. The molecular weight excluding hydrogens is 389 g/mol. The minimum atomic E-state index is -5.42. The van der Waals surface area contributed by atoms with Crippen LogP contribution in [0.5, 0.6) is 0 Å². The number of alkyl halides is 3. The topological polar surface area (TPSA) is 49.4 Å². The highest BCUT2D eigenvalue weighted by atomic mass is 35.5. The van der Waals surface area contributed by atoms with Gasteiger partial charge >= 0.3 is 15.5 Å². The highest BCUT2D eigenvalue weighted by Gasteiger charge is 2.51. The number of rotatable bonds is 4. The van der Waals surface area contributed by atoms with Gasteiger partial charge in [-0.2, -0.15) is 17.5 Å². The summed E-state index contributed by atoms with van der Waals surface area (Å²) in [5.41, 5.74) is -4.34. The molecule has 1 heterocycles. The molecule has 146 valence electrons. The molecule has 0 amide bonds. The lowest BCUT2D eigenvalue weighted by molar-refractivity contribution is -0.0492. The van der Waals surface area contributed by atoms with Gasteiger partial charge in [-0.1, -0.05) is 43.4 Å². The monoisotopic (exact) mass is 410 g/mol. The fourth-order valence-electron chi connectivity index (χ4n) is 3.84. The van der Waals surface area contributed by atoms with E-state index in [2.05, 4.69) is 5.32 Å². The smallest absolute Gasteiger partial charge is 0.381 e. The Morgan fingerprint density at radius 2 is 1.88 bits per heavy atom. The third kappa shape index (κ3) is 4.12. The molecule has 1 aliphatic heterocycles. The summed E-state index contributed by atoms with van der Waals surface area (Å²) in [4.78, 5) is 0. The number of anilines is 1. The Bertz CT molecular complexity index is 749. The standard InChI is InChI=1S/C17H22ClF3N2O2S/c18-15-6-3-7-16-14(15)11-23(26(24,25)17(19,20)21)10-13(22-16)9-8-12-4-1-2-5-12/h3,6-7,12-13,22H,1-2,4-5,8-11H2. The maximum Gasteiger partial charge on any atom is 0.511 e. The first-order valence-corrected chi connectivity index (χ1v) is 10.6. The summed E-state index contributed by atoms with van der Waals surface area (Å²) in [6, 6.07) is 4.61. The lowest BCUT2D eigenvalue weighted by atomic mass is 9.98. The van der Waals surface area contributed by atoms with Crippen molar-refractivity contribution in [2.45, 2.75) is 56.6 Å². The summed E-state index contributed by atoms with van der Waals surface area (Å²) in [7, 11) is -5.42. The van der Waals surface area contributed by atoms with Crippen LogP contribution in [0.3, 0.4) is 0 Å². The van der Waals surface area contributed by atoms with E-state index in [9.17, 15) is 21.6 Å². The number of nitrogens with zero attached hydrogens (tertiary/aromatic N) is 1. The zero-order valence-corrected chi connectivity index (χ0v) is 15.8. The highest BCUT2D eigenvalue weighted by Crippen LogP contribution is 2.36. The van der Waals surface area contributed by atoms with E-state index >= 15 is 0 Å². The van der Waals surface area contributed by atoms with Gasteiger partial charge in [-0.05, 0) is 30.9 Å². The Hall–Kier alpha value is -0.990. The quantitative estimate of drug-likeness (QED) is 0.778. The van der Waals surface area contributed by atoms with E-state index in [0.29, 0.717) is 27.9 Å². The predicted molar refractivity (Wildman–Crippen MR) is 95.4 cm³/mol. The molecule has 0 radical (unpaired) electrons. The fourth-order valence-corrected chi connectivity index (χ4v) is 5.04. The van der Waals surface area contributed by atoms with Crippen molar-refractivity contribution >= 4 is 27.3 Å². The van der Waals surface area contributed by atoms with Crippen molar-refractivity contribution in [3.8, 4) is 0 Å². The number of sulfonamides is 1. The van der Waals surface area contributed by atoms with Gasteiger partial charge in [0, 0.05) is 35.4 Å². The molecule has 1 aromatic rings. The first kappa shape index (κ1) is 19.8. The zero-order valence-electron chi connectivity index (χ0n) is 14.2. The van der Waals surface area contributed by atoms with Crippen LogP contribution in [0.25, 0.3) is 0 Å². The molecule has 1 aliphatic carbocycles. The molecule has 0 saturated heterocycles. The van der Waals surface area contributed by atoms with Gasteiger partial charge in [-0.15, -0.1) is 0 Å². The van der Waals surface area contributed by atoms with E-state index in [1.165, 1.54) is 12.8 Å². The van der Waals surface area contributed by atoms with Gasteiger partial charge in [0.25, 0.3) is 0 Å². The molecule has 1 aromatic carbocycles. The molecule has 1 fully saturated rings. The van der Waals surface area contributed by atoms with Crippen LogP contribution in [0.1, 0.15) is 44.1 Å². The molecular formula is C17H22ClF3N2O2S. The van der Waals surface area contributed by atoms with Gasteiger partial charge in [0.05, 0.1) is 0 Å². The Balaban J connectivity index is 1.86. The molecule has 26 heavy (non-hydrogen) atoms. The van der Waals surface area contributed by atoms with Gasteiger partial charge in [0.1, 0.15) is 0 Å². The molecule has 4 nitrogen and oxygen atoms in total. The number of nitrogens with one attached hydrogen (secondary N) is 1. The lowest BCUT2D eigenvalue weighted by Crippen LogP contribution is -2.44. The number of fused-ring (bicyclic) bond motifs is 1. The fraction of sp³-hybridized carbons (Fsp3) is 0.647. The second-order valence-corrected chi connectivity index (χ2v) is 9.41. The van der Waals surface area contributed by atoms with E-state index in [1.807, 2.05) is 0 Å². The summed E-state index contributed by atoms with van der Waals surface area (Å²) in [5.74, 6) is 0.576. The molecule has 1 saturated carbocycles. The van der Waals surface area contributed by atoms with Crippen LogP contribution in [-0.4, -0.2) is 30.8 Å². The maximum absolute atomic E-state index is 13.1. The van der Waals surface area contributed by atoms with E-state index in [1.54, 1.807) is 18.2 Å². The van der Waals surface area contributed by atoms with Crippen LogP contribution in [0, 0.1) is 5.92 Å². The SMILES string of the molecule is O=S(=O)(N1Cc2c(Cl)cccc2NC(CCC2CCCC2)C1)C(F)(F)F. The van der Waals surface area contributed by atoms with Crippen LogP contribution in [0.2, 0.25) is 5.02 Å². The molecule has 1 unspecified atom stereocenters. The van der Waals surface area contributed by atoms with E-state index in [0.717, 1.165) is 19.3 Å². The molecule has 2 aliphatic rings. The summed E-state index contributed by atoms with van der Waals surface area (Å²) in [6.07, 6.45) is 6.17. The second-order valence-electron chi connectivity index (χ2n) is 7.08. The summed E-state index contributed by atoms with van der Waals surface area (Å²) in [6.45, 7) is -0.608. The van der Waals surface area contributed by atoms with Crippen molar-refractivity contribution in [2.24, 2.45) is 5.92 Å². The third-order valence-corrected chi connectivity index (χ3v) is 7.16. The van der Waals surface area contributed by atoms with E-state index in [4.69, 9.17) is 11.6 Å². The molecule has 0 spiro atoms. The number of hydrogen-bond acceptors (Lipinski definition) is 3. The van der Waals surface area contributed by atoms with Crippen molar-refractivity contribution in [3.63, 3.8) is 0 Å². The second kappa shape index (κ2) is 7.56. The molecule has 0 bridgehead atoms. The first-order chi connectivity index (χ1) is 12.2. The predicted octanol–water partition coefficient (Wildman–Crippen LogP) is 4.76. The van der Waals surface area contributed by atoms with Crippen molar-refractivity contribution in [1.82, 2.24) is 4.31 Å². The molecule has 3 rings (SSSR count). The summed E-state index contributed by atoms with van der Waals surface area (Å²) >= 11 is 6.13. The van der Waals surface area contributed by atoms with Crippen molar-refractivity contribution in [3.05, 3.63) is 28.8 Å². The normalized spacial score (nSPS) is 22.7.